The minimum absolute atomic E-state index is 0.0569. The number of aliphatic hydroxyl groups is 1. The van der Waals surface area contributed by atoms with Crippen LogP contribution in [0.2, 0.25) is 0 Å². The van der Waals surface area contributed by atoms with Gasteiger partial charge >= 0.3 is 0 Å². The number of nitrogens with zero attached hydrogens (tertiary/aromatic N) is 1. The van der Waals surface area contributed by atoms with E-state index in [4.69, 9.17) is 4.74 Å². The highest BCUT2D eigenvalue weighted by Gasteiger charge is 2.69. The summed E-state index contributed by atoms with van der Waals surface area (Å²) >= 11 is 0. The van der Waals surface area contributed by atoms with E-state index in [1.807, 2.05) is 23.1 Å². The van der Waals surface area contributed by atoms with Gasteiger partial charge in [-0.2, -0.15) is 0 Å². The standard InChI is InChI=1S/C23H33NO3/c1-21(2)19(22(21,3)4)20(26)24-12-10-23(11-13-24)15-17(25)14-18(27-23)16-8-6-5-7-9-16/h5-9,17-19,25H,10-15H2,1-4H3/t17-,18-/m1/s1. The zero-order valence-corrected chi connectivity index (χ0v) is 17.1. The molecule has 1 aromatic carbocycles. The zero-order chi connectivity index (χ0) is 19.4. The summed E-state index contributed by atoms with van der Waals surface area (Å²) in [5.41, 5.74) is 0.990. The predicted octanol–water partition coefficient (Wildman–Crippen LogP) is 3.94. The second-order valence-electron chi connectivity index (χ2n) is 10.00. The third-order valence-corrected chi connectivity index (χ3v) is 7.91. The molecule has 1 saturated carbocycles. The van der Waals surface area contributed by atoms with Crippen molar-refractivity contribution in [1.82, 2.24) is 4.90 Å². The summed E-state index contributed by atoms with van der Waals surface area (Å²) in [6.45, 7) is 10.3. The van der Waals surface area contributed by atoms with E-state index >= 15 is 0 Å². The van der Waals surface area contributed by atoms with Crippen LogP contribution in [0, 0.1) is 16.7 Å². The van der Waals surface area contributed by atoms with Crippen LogP contribution >= 0.6 is 0 Å². The van der Waals surface area contributed by atoms with E-state index in [1.165, 1.54) is 0 Å². The molecular formula is C23H33NO3. The van der Waals surface area contributed by atoms with Crippen molar-refractivity contribution in [3.8, 4) is 0 Å². The van der Waals surface area contributed by atoms with E-state index in [0.717, 1.165) is 31.5 Å². The Morgan fingerprint density at radius 2 is 1.67 bits per heavy atom. The number of carbonyl (C=O) groups is 1. The number of aliphatic hydroxyl groups excluding tert-OH is 1. The number of hydrogen-bond donors (Lipinski definition) is 1. The van der Waals surface area contributed by atoms with Gasteiger partial charge in [-0.15, -0.1) is 0 Å². The zero-order valence-electron chi connectivity index (χ0n) is 17.1. The van der Waals surface area contributed by atoms with Crippen molar-refractivity contribution in [3.63, 3.8) is 0 Å². The number of piperidine rings is 1. The maximum Gasteiger partial charge on any atom is 0.226 e. The Bertz CT molecular complexity index is 690. The summed E-state index contributed by atoms with van der Waals surface area (Å²) in [5, 5.41) is 10.5. The molecule has 4 nitrogen and oxygen atoms in total. The van der Waals surface area contributed by atoms with Crippen molar-refractivity contribution in [2.75, 3.05) is 13.1 Å². The Labute approximate surface area is 162 Å². The Balaban J connectivity index is 1.43. The lowest BCUT2D eigenvalue weighted by Gasteiger charge is -2.48. The van der Waals surface area contributed by atoms with Crippen molar-refractivity contribution in [1.29, 1.82) is 0 Å². The van der Waals surface area contributed by atoms with E-state index in [0.29, 0.717) is 18.7 Å². The third-order valence-electron chi connectivity index (χ3n) is 7.91. The van der Waals surface area contributed by atoms with Crippen molar-refractivity contribution in [3.05, 3.63) is 35.9 Å². The molecule has 1 aromatic rings. The Morgan fingerprint density at radius 3 is 2.22 bits per heavy atom. The van der Waals surface area contributed by atoms with E-state index in [-0.39, 0.29) is 34.6 Å². The summed E-state index contributed by atoms with van der Waals surface area (Å²) in [7, 11) is 0. The van der Waals surface area contributed by atoms with Gasteiger partial charge in [0.05, 0.1) is 17.8 Å². The smallest absolute Gasteiger partial charge is 0.226 e. The molecule has 2 atom stereocenters. The van der Waals surface area contributed by atoms with E-state index in [2.05, 4.69) is 39.8 Å². The van der Waals surface area contributed by atoms with Crippen LogP contribution in [0.15, 0.2) is 30.3 Å². The lowest BCUT2D eigenvalue weighted by atomic mass is 9.80. The van der Waals surface area contributed by atoms with Crippen LogP contribution in [-0.2, 0) is 9.53 Å². The normalized spacial score (nSPS) is 31.7. The molecule has 2 aliphatic heterocycles. The number of ether oxygens (including phenoxy) is 1. The van der Waals surface area contributed by atoms with Gasteiger partial charge in [-0.25, -0.2) is 0 Å². The Kier molecular flexibility index (Phi) is 4.43. The minimum Gasteiger partial charge on any atom is -0.393 e. The highest BCUT2D eigenvalue weighted by atomic mass is 16.5. The number of carbonyl (C=O) groups excluding carboxylic acids is 1. The molecule has 1 spiro atoms. The molecule has 2 heterocycles. The van der Waals surface area contributed by atoms with Gasteiger partial charge in [-0.05, 0) is 29.2 Å². The van der Waals surface area contributed by atoms with E-state index < -0.39 is 0 Å². The number of benzene rings is 1. The summed E-state index contributed by atoms with van der Waals surface area (Å²) in [6, 6.07) is 10.2. The number of hydrogen-bond acceptors (Lipinski definition) is 3. The summed E-state index contributed by atoms with van der Waals surface area (Å²) < 4.78 is 6.56. The van der Waals surface area contributed by atoms with Gasteiger partial charge in [0.25, 0.3) is 0 Å². The third kappa shape index (κ3) is 3.11. The predicted molar refractivity (Wildman–Crippen MR) is 105 cm³/mol. The van der Waals surface area contributed by atoms with Crippen molar-refractivity contribution < 1.29 is 14.6 Å². The maximum atomic E-state index is 13.0. The van der Waals surface area contributed by atoms with Crippen LogP contribution < -0.4 is 0 Å². The molecule has 0 aromatic heterocycles. The average molecular weight is 372 g/mol. The van der Waals surface area contributed by atoms with Crippen molar-refractivity contribution in [2.45, 2.75) is 71.2 Å². The molecule has 0 unspecified atom stereocenters. The van der Waals surface area contributed by atoms with Gasteiger partial charge in [0.2, 0.25) is 5.91 Å². The Hall–Kier alpha value is -1.39. The first kappa shape index (κ1) is 18.9. The second kappa shape index (κ2) is 6.31. The highest BCUT2D eigenvalue weighted by Crippen LogP contribution is 2.69. The molecule has 3 fully saturated rings. The quantitative estimate of drug-likeness (QED) is 0.857. The molecule has 2 saturated heterocycles. The molecule has 3 aliphatic rings. The van der Waals surface area contributed by atoms with Crippen molar-refractivity contribution in [2.24, 2.45) is 16.7 Å². The maximum absolute atomic E-state index is 13.0. The van der Waals surface area contributed by atoms with Crippen LogP contribution in [0.3, 0.4) is 0 Å². The highest BCUT2D eigenvalue weighted by molar-refractivity contribution is 5.84. The number of likely N-dealkylation sites (tertiary alicyclic amines) is 1. The fourth-order valence-electron chi connectivity index (χ4n) is 5.48. The molecule has 27 heavy (non-hydrogen) atoms. The first-order valence-corrected chi connectivity index (χ1v) is 10.4. The van der Waals surface area contributed by atoms with Gasteiger partial charge in [-0.3, -0.25) is 4.79 Å². The molecule has 4 heteroatoms. The van der Waals surface area contributed by atoms with E-state index in [9.17, 15) is 9.90 Å². The fraction of sp³-hybridized carbons (Fsp3) is 0.696. The largest absolute Gasteiger partial charge is 0.393 e. The fourth-order valence-corrected chi connectivity index (χ4v) is 5.48. The monoisotopic (exact) mass is 371 g/mol. The van der Waals surface area contributed by atoms with Crippen LogP contribution in [-0.4, -0.2) is 40.7 Å². The number of amides is 1. The van der Waals surface area contributed by atoms with Crippen molar-refractivity contribution >= 4 is 5.91 Å². The summed E-state index contributed by atoms with van der Waals surface area (Å²) in [4.78, 5) is 15.1. The van der Waals surface area contributed by atoms with Crippen LogP contribution in [0.5, 0.6) is 0 Å². The molecule has 1 N–H and O–H groups in total. The number of rotatable bonds is 2. The molecule has 148 valence electrons. The minimum atomic E-state index is -0.340. The van der Waals surface area contributed by atoms with Gasteiger partial charge in [0.1, 0.15) is 0 Å². The summed E-state index contributed by atoms with van der Waals surface area (Å²) in [5.74, 6) is 0.421. The molecular weight excluding hydrogens is 338 g/mol. The van der Waals surface area contributed by atoms with Gasteiger partial charge in [0.15, 0.2) is 0 Å². The van der Waals surface area contributed by atoms with E-state index in [1.54, 1.807) is 0 Å². The lowest BCUT2D eigenvalue weighted by molar-refractivity contribution is -0.186. The van der Waals surface area contributed by atoms with Crippen LogP contribution in [0.1, 0.15) is 65.0 Å². The van der Waals surface area contributed by atoms with Gasteiger partial charge < -0.3 is 14.7 Å². The molecule has 0 bridgehead atoms. The molecule has 1 aliphatic carbocycles. The first-order valence-electron chi connectivity index (χ1n) is 10.4. The van der Waals surface area contributed by atoms with Gasteiger partial charge in [0, 0.05) is 31.8 Å². The summed E-state index contributed by atoms with van der Waals surface area (Å²) in [6.07, 6.45) is 2.56. The lowest BCUT2D eigenvalue weighted by Crippen LogP contribution is -2.52. The average Bonchev–Trinajstić information content (AvgIpc) is 3.04. The van der Waals surface area contributed by atoms with Crippen LogP contribution in [0.25, 0.3) is 0 Å². The SMILES string of the molecule is CC1(C)C(C(=O)N2CCC3(CC2)C[C@H](O)C[C@H](c2ccccc2)O3)C1(C)C. The molecule has 0 radical (unpaired) electrons. The molecule has 4 rings (SSSR count). The second-order valence-corrected chi connectivity index (χ2v) is 10.00. The molecule has 1 amide bonds. The topological polar surface area (TPSA) is 49.8 Å². The first-order chi connectivity index (χ1) is 12.7. The van der Waals surface area contributed by atoms with Gasteiger partial charge in [-0.1, -0.05) is 58.0 Å². The Morgan fingerprint density at radius 1 is 1.07 bits per heavy atom. The van der Waals surface area contributed by atoms with Crippen LogP contribution in [0.4, 0.5) is 0 Å².